The Kier molecular flexibility index (Phi) is 3.13. The highest BCUT2D eigenvalue weighted by atomic mass is 79.9. The molecule has 0 amide bonds. The number of nitrogens with one attached hydrogen (secondary N) is 1. The molecule has 2 heteroatoms. The lowest BCUT2D eigenvalue weighted by atomic mass is 10.1. The van der Waals surface area contributed by atoms with Gasteiger partial charge in [0.05, 0.1) is 6.04 Å². The maximum absolute atomic E-state index is 3.67. The topological polar surface area (TPSA) is 12.0 Å². The summed E-state index contributed by atoms with van der Waals surface area (Å²) in [4.78, 5) is 0. The van der Waals surface area contributed by atoms with Crippen LogP contribution in [-0.4, -0.2) is 0 Å². The predicted octanol–water partition coefficient (Wildman–Crippen LogP) is 4.86. The Morgan fingerprint density at radius 3 is 2.83 bits per heavy atom. The van der Waals surface area contributed by atoms with E-state index in [0.717, 1.165) is 0 Å². The summed E-state index contributed by atoms with van der Waals surface area (Å²) in [6.07, 6.45) is 2.35. The normalized spacial score (nSPS) is 17.6. The molecule has 2 aromatic carbocycles. The zero-order chi connectivity index (χ0) is 12.5. The van der Waals surface area contributed by atoms with Gasteiger partial charge in [-0.25, -0.2) is 0 Å². The highest BCUT2D eigenvalue weighted by Gasteiger charge is 2.22. The van der Waals surface area contributed by atoms with Crippen molar-refractivity contribution >= 4 is 21.6 Å². The molecule has 1 atom stereocenters. The summed E-state index contributed by atoms with van der Waals surface area (Å²) >= 11 is 3.54. The first kappa shape index (κ1) is 11.8. The van der Waals surface area contributed by atoms with E-state index < -0.39 is 0 Å². The van der Waals surface area contributed by atoms with Crippen LogP contribution in [0, 0.1) is 6.92 Å². The summed E-state index contributed by atoms with van der Waals surface area (Å²) in [5, 5.41) is 3.67. The van der Waals surface area contributed by atoms with Gasteiger partial charge in [-0.15, -0.1) is 0 Å². The smallest absolute Gasteiger partial charge is 0.0519 e. The first-order valence-electron chi connectivity index (χ1n) is 6.34. The van der Waals surface area contributed by atoms with Crippen LogP contribution in [0.3, 0.4) is 0 Å². The monoisotopic (exact) mass is 301 g/mol. The summed E-state index contributed by atoms with van der Waals surface area (Å²) in [6, 6.07) is 15.6. The van der Waals surface area contributed by atoms with Crippen molar-refractivity contribution < 1.29 is 0 Å². The van der Waals surface area contributed by atoms with Crippen LogP contribution in [0.2, 0.25) is 0 Å². The van der Waals surface area contributed by atoms with Gasteiger partial charge in [-0.05, 0) is 54.7 Å². The standard InChI is InChI=1S/C16H16BrN/c1-11-4-2-3-5-15(11)18-16-9-6-12-10-13(17)7-8-14(12)16/h2-5,7-8,10,16,18H,6,9H2,1H3. The number of para-hydroxylation sites is 1. The number of hydrogen-bond donors (Lipinski definition) is 1. The molecule has 3 rings (SSSR count). The Morgan fingerprint density at radius 1 is 1.17 bits per heavy atom. The molecule has 1 N–H and O–H groups in total. The first-order valence-corrected chi connectivity index (χ1v) is 7.14. The van der Waals surface area contributed by atoms with Gasteiger partial charge < -0.3 is 5.32 Å². The maximum atomic E-state index is 3.67. The van der Waals surface area contributed by atoms with E-state index in [2.05, 4.69) is 70.6 Å². The molecule has 92 valence electrons. The van der Waals surface area contributed by atoms with Gasteiger partial charge in [0, 0.05) is 10.2 Å². The van der Waals surface area contributed by atoms with Crippen LogP contribution in [0.5, 0.6) is 0 Å². The van der Waals surface area contributed by atoms with Crippen LogP contribution in [0.15, 0.2) is 46.9 Å². The van der Waals surface area contributed by atoms with E-state index in [-0.39, 0.29) is 0 Å². The van der Waals surface area contributed by atoms with Crippen LogP contribution in [0.25, 0.3) is 0 Å². The van der Waals surface area contributed by atoms with Crippen molar-refractivity contribution in [1.29, 1.82) is 0 Å². The molecule has 1 aliphatic rings. The maximum Gasteiger partial charge on any atom is 0.0519 e. The van der Waals surface area contributed by atoms with Crippen molar-refractivity contribution in [3.63, 3.8) is 0 Å². The molecule has 0 aliphatic heterocycles. The molecule has 1 nitrogen and oxygen atoms in total. The molecule has 2 aromatic rings. The minimum atomic E-state index is 0.453. The molecule has 0 saturated heterocycles. The lowest BCUT2D eigenvalue weighted by Gasteiger charge is -2.17. The molecule has 0 radical (unpaired) electrons. The molecule has 0 saturated carbocycles. The molecule has 0 heterocycles. The molecule has 0 spiro atoms. The lowest BCUT2D eigenvalue weighted by Crippen LogP contribution is -2.07. The number of halogens is 1. The van der Waals surface area contributed by atoms with E-state index in [1.807, 2.05) is 0 Å². The molecule has 0 bridgehead atoms. The van der Waals surface area contributed by atoms with Crippen LogP contribution >= 0.6 is 15.9 Å². The third-order valence-corrected chi connectivity index (χ3v) is 4.15. The Morgan fingerprint density at radius 2 is 2.00 bits per heavy atom. The molecule has 0 fully saturated rings. The summed E-state index contributed by atoms with van der Waals surface area (Å²) in [5.74, 6) is 0. The average molecular weight is 302 g/mol. The number of benzene rings is 2. The van der Waals surface area contributed by atoms with E-state index in [1.165, 1.54) is 39.7 Å². The van der Waals surface area contributed by atoms with Gasteiger partial charge in [-0.2, -0.15) is 0 Å². The highest BCUT2D eigenvalue weighted by molar-refractivity contribution is 9.10. The van der Waals surface area contributed by atoms with E-state index in [9.17, 15) is 0 Å². The van der Waals surface area contributed by atoms with Crippen LogP contribution in [0.4, 0.5) is 5.69 Å². The van der Waals surface area contributed by atoms with Crippen LogP contribution in [-0.2, 0) is 6.42 Å². The molecule has 1 unspecified atom stereocenters. The summed E-state index contributed by atoms with van der Waals surface area (Å²) in [5.41, 5.74) is 5.47. The Bertz CT molecular complexity index is 577. The Hall–Kier alpha value is -1.28. The van der Waals surface area contributed by atoms with Crippen LogP contribution < -0.4 is 5.32 Å². The molecular weight excluding hydrogens is 286 g/mol. The van der Waals surface area contributed by atoms with Crippen molar-refractivity contribution in [2.75, 3.05) is 5.32 Å². The highest BCUT2D eigenvalue weighted by Crippen LogP contribution is 2.35. The van der Waals surface area contributed by atoms with Gasteiger partial charge in [0.15, 0.2) is 0 Å². The summed E-state index contributed by atoms with van der Waals surface area (Å²) in [6.45, 7) is 2.15. The fourth-order valence-electron chi connectivity index (χ4n) is 2.66. The second kappa shape index (κ2) is 4.77. The molecule has 0 aromatic heterocycles. The summed E-state index contributed by atoms with van der Waals surface area (Å²) < 4.78 is 1.18. The second-order valence-electron chi connectivity index (χ2n) is 4.89. The van der Waals surface area contributed by atoms with Gasteiger partial charge in [-0.1, -0.05) is 40.2 Å². The number of rotatable bonds is 2. The summed E-state index contributed by atoms with van der Waals surface area (Å²) in [7, 11) is 0. The minimum Gasteiger partial charge on any atom is -0.378 e. The number of aryl methyl sites for hydroxylation is 2. The van der Waals surface area contributed by atoms with Gasteiger partial charge in [0.2, 0.25) is 0 Å². The van der Waals surface area contributed by atoms with E-state index in [4.69, 9.17) is 0 Å². The zero-order valence-corrected chi connectivity index (χ0v) is 12.0. The van der Waals surface area contributed by atoms with Gasteiger partial charge in [0.1, 0.15) is 0 Å². The first-order chi connectivity index (χ1) is 8.74. The van der Waals surface area contributed by atoms with Crippen molar-refractivity contribution in [2.45, 2.75) is 25.8 Å². The quantitative estimate of drug-likeness (QED) is 0.835. The largest absolute Gasteiger partial charge is 0.378 e. The molecular formula is C16H16BrN. The van der Waals surface area contributed by atoms with E-state index in [0.29, 0.717) is 6.04 Å². The SMILES string of the molecule is Cc1ccccc1NC1CCc2cc(Br)ccc21. The Labute approximate surface area is 116 Å². The molecule has 1 aliphatic carbocycles. The van der Waals surface area contributed by atoms with Crippen molar-refractivity contribution in [3.8, 4) is 0 Å². The third kappa shape index (κ3) is 2.17. The fraction of sp³-hybridized carbons (Fsp3) is 0.250. The van der Waals surface area contributed by atoms with Gasteiger partial charge in [0.25, 0.3) is 0 Å². The Balaban J connectivity index is 1.87. The van der Waals surface area contributed by atoms with E-state index >= 15 is 0 Å². The van der Waals surface area contributed by atoms with Gasteiger partial charge >= 0.3 is 0 Å². The lowest BCUT2D eigenvalue weighted by molar-refractivity contribution is 0.761. The number of anilines is 1. The number of fused-ring (bicyclic) bond motifs is 1. The second-order valence-corrected chi connectivity index (χ2v) is 5.81. The third-order valence-electron chi connectivity index (χ3n) is 3.66. The van der Waals surface area contributed by atoms with Crippen LogP contribution in [0.1, 0.15) is 29.2 Å². The van der Waals surface area contributed by atoms with Crippen molar-refractivity contribution in [2.24, 2.45) is 0 Å². The van der Waals surface area contributed by atoms with Gasteiger partial charge in [-0.3, -0.25) is 0 Å². The predicted molar refractivity (Wildman–Crippen MR) is 80.0 cm³/mol. The van der Waals surface area contributed by atoms with E-state index in [1.54, 1.807) is 0 Å². The van der Waals surface area contributed by atoms with Crippen molar-refractivity contribution in [3.05, 3.63) is 63.6 Å². The van der Waals surface area contributed by atoms with Crippen molar-refractivity contribution in [1.82, 2.24) is 0 Å². The minimum absolute atomic E-state index is 0.453. The fourth-order valence-corrected chi connectivity index (χ4v) is 3.07. The molecule has 18 heavy (non-hydrogen) atoms. The average Bonchev–Trinajstić information content (AvgIpc) is 2.74. The number of hydrogen-bond acceptors (Lipinski definition) is 1. The zero-order valence-electron chi connectivity index (χ0n) is 10.4.